The summed E-state index contributed by atoms with van der Waals surface area (Å²) in [5.41, 5.74) is 3.83. The Morgan fingerprint density at radius 2 is 2.24 bits per heavy atom. The third-order valence-corrected chi connectivity index (χ3v) is 4.15. The van der Waals surface area contributed by atoms with Crippen molar-refractivity contribution in [3.05, 3.63) is 47.0 Å². The molecule has 2 aliphatic carbocycles. The molecule has 0 radical (unpaired) electrons. The number of hydrogen-bond donors (Lipinski definition) is 1. The van der Waals surface area contributed by atoms with E-state index in [1.165, 1.54) is 16.7 Å². The highest BCUT2D eigenvalue weighted by Gasteiger charge is 2.40. The van der Waals surface area contributed by atoms with Gasteiger partial charge in [0.1, 0.15) is 0 Å². The molecule has 17 heavy (non-hydrogen) atoms. The average molecular weight is 228 g/mol. The molecule has 0 aliphatic heterocycles. The summed E-state index contributed by atoms with van der Waals surface area (Å²) in [5.74, 6) is -0.276. The lowest BCUT2D eigenvalue weighted by molar-refractivity contribution is -0.144. The van der Waals surface area contributed by atoms with Crippen LogP contribution in [0.3, 0.4) is 0 Å². The van der Waals surface area contributed by atoms with Gasteiger partial charge in [0.25, 0.3) is 0 Å². The summed E-state index contributed by atoms with van der Waals surface area (Å²) in [6.07, 6.45) is 5.93. The summed E-state index contributed by atoms with van der Waals surface area (Å²) in [5, 5.41) is 9.34. The lowest BCUT2D eigenvalue weighted by atomic mass is 9.70. The maximum absolute atomic E-state index is 11.3. The van der Waals surface area contributed by atoms with Gasteiger partial charge in [0, 0.05) is 5.92 Å². The van der Waals surface area contributed by atoms with Crippen molar-refractivity contribution < 1.29 is 9.90 Å². The van der Waals surface area contributed by atoms with Gasteiger partial charge in [-0.05, 0) is 36.8 Å². The first-order valence-corrected chi connectivity index (χ1v) is 6.15. The summed E-state index contributed by atoms with van der Waals surface area (Å²) in [4.78, 5) is 11.3. The van der Waals surface area contributed by atoms with E-state index in [2.05, 4.69) is 37.3 Å². The molecule has 3 unspecified atom stereocenters. The number of hydrogen-bond acceptors (Lipinski definition) is 1. The second kappa shape index (κ2) is 3.73. The second-order valence-electron chi connectivity index (χ2n) is 5.20. The highest BCUT2D eigenvalue weighted by atomic mass is 16.4. The largest absolute Gasteiger partial charge is 0.481 e. The van der Waals surface area contributed by atoms with Crippen molar-refractivity contribution in [2.75, 3.05) is 0 Å². The molecule has 2 heteroatoms. The molecule has 1 N–H and O–H groups in total. The van der Waals surface area contributed by atoms with Crippen molar-refractivity contribution in [1.82, 2.24) is 0 Å². The monoisotopic (exact) mass is 228 g/mol. The van der Waals surface area contributed by atoms with E-state index in [9.17, 15) is 9.90 Å². The van der Waals surface area contributed by atoms with Crippen LogP contribution in [0.5, 0.6) is 0 Å². The second-order valence-corrected chi connectivity index (χ2v) is 5.20. The van der Waals surface area contributed by atoms with E-state index in [0.717, 1.165) is 6.42 Å². The summed E-state index contributed by atoms with van der Waals surface area (Å²) in [6.45, 7) is 2.09. The quantitative estimate of drug-likeness (QED) is 0.750. The van der Waals surface area contributed by atoms with Gasteiger partial charge in [-0.15, -0.1) is 0 Å². The van der Waals surface area contributed by atoms with Gasteiger partial charge in [0.2, 0.25) is 0 Å². The summed E-state index contributed by atoms with van der Waals surface area (Å²) in [7, 11) is 0. The smallest absolute Gasteiger partial charge is 0.307 e. The fourth-order valence-corrected chi connectivity index (χ4v) is 3.29. The lowest BCUT2D eigenvalue weighted by Gasteiger charge is -2.33. The van der Waals surface area contributed by atoms with Crippen LogP contribution in [-0.4, -0.2) is 11.1 Å². The van der Waals surface area contributed by atoms with Crippen LogP contribution in [0.15, 0.2) is 30.4 Å². The minimum atomic E-state index is -0.644. The molecule has 1 aromatic rings. The first-order chi connectivity index (χ1) is 8.16. The van der Waals surface area contributed by atoms with Crippen molar-refractivity contribution in [2.45, 2.75) is 25.7 Å². The van der Waals surface area contributed by atoms with Crippen molar-refractivity contribution in [2.24, 2.45) is 11.8 Å². The van der Waals surface area contributed by atoms with Crippen molar-refractivity contribution in [1.29, 1.82) is 0 Å². The molecule has 0 fully saturated rings. The first-order valence-electron chi connectivity index (χ1n) is 6.15. The van der Waals surface area contributed by atoms with E-state index in [1.807, 2.05) is 0 Å². The van der Waals surface area contributed by atoms with Crippen LogP contribution in [0.2, 0.25) is 0 Å². The number of allylic oxidation sites excluding steroid dienone is 2. The molecule has 1 aromatic carbocycles. The zero-order valence-electron chi connectivity index (χ0n) is 9.89. The Hall–Kier alpha value is -1.57. The van der Waals surface area contributed by atoms with Gasteiger partial charge < -0.3 is 5.11 Å². The number of benzene rings is 1. The number of carboxylic acids is 1. The van der Waals surface area contributed by atoms with Crippen LogP contribution >= 0.6 is 0 Å². The van der Waals surface area contributed by atoms with Crippen LogP contribution in [0.4, 0.5) is 0 Å². The van der Waals surface area contributed by atoms with E-state index in [-0.39, 0.29) is 11.8 Å². The molecule has 0 saturated heterocycles. The number of fused-ring (bicyclic) bond motifs is 3. The average Bonchev–Trinajstić information content (AvgIpc) is 2.76. The number of carboxylic acid groups (broad SMARTS) is 1. The summed E-state index contributed by atoms with van der Waals surface area (Å²) < 4.78 is 0. The Kier molecular flexibility index (Phi) is 2.32. The fourth-order valence-electron chi connectivity index (χ4n) is 3.29. The number of aryl methyl sites for hydroxylation is 1. The molecule has 3 atom stereocenters. The molecule has 2 nitrogen and oxygen atoms in total. The Bertz CT molecular complexity index is 502. The van der Waals surface area contributed by atoms with Crippen LogP contribution in [0.25, 0.3) is 0 Å². The number of aliphatic carboxylic acids is 1. The maximum atomic E-state index is 11.3. The van der Waals surface area contributed by atoms with E-state index in [0.29, 0.717) is 12.3 Å². The van der Waals surface area contributed by atoms with Gasteiger partial charge in [-0.1, -0.05) is 35.9 Å². The standard InChI is InChI=1S/C15H16O2/c1-9-5-6-10-8-14(15(16)17)12-4-2-3-11(12)13(10)7-9/h2-3,5-7,11-12,14H,4,8H2,1H3,(H,16,17). The molecule has 0 spiro atoms. The Morgan fingerprint density at radius 3 is 3.00 bits per heavy atom. The number of carbonyl (C=O) groups is 1. The minimum Gasteiger partial charge on any atom is -0.481 e. The summed E-state index contributed by atoms with van der Waals surface area (Å²) >= 11 is 0. The van der Waals surface area contributed by atoms with Crippen LogP contribution < -0.4 is 0 Å². The normalized spacial score (nSPS) is 29.8. The SMILES string of the molecule is Cc1ccc2c(c1)C1C=CCC1C(C(=O)O)C2. The molecular weight excluding hydrogens is 212 g/mol. The first kappa shape index (κ1) is 10.6. The molecule has 88 valence electrons. The third-order valence-electron chi connectivity index (χ3n) is 4.15. The van der Waals surface area contributed by atoms with Crippen molar-refractivity contribution in [3.63, 3.8) is 0 Å². The zero-order chi connectivity index (χ0) is 12.0. The van der Waals surface area contributed by atoms with Gasteiger partial charge in [-0.2, -0.15) is 0 Å². The fraction of sp³-hybridized carbons (Fsp3) is 0.400. The minimum absolute atomic E-state index is 0.217. The van der Waals surface area contributed by atoms with Crippen LogP contribution in [-0.2, 0) is 11.2 Å². The molecule has 3 rings (SSSR count). The van der Waals surface area contributed by atoms with Gasteiger partial charge in [0.05, 0.1) is 5.92 Å². The highest BCUT2D eigenvalue weighted by molar-refractivity contribution is 5.72. The van der Waals surface area contributed by atoms with Crippen LogP contribution in [0.1, 0.15) is 29.0 Å². The zero-order valence-corrected chi connectivity index (χ0v) is 9.89. The van der Waals surface area contributed by atoms with Crippen molar-refractivity contribution in [3.8, 4) is 0 Å². The van der Waals surface area contributed by atoms with Gasteiger partial charge in [-0.25, -0.2) is 0 Å². The Labute approximate surface area is 101 Å². The molecule has 2 aliphatic rings. The topological polar surface area (TPSA) is 37.3 Å². The predicted octanol–water partition coefficient (Wildman–Crippen LogP) is 2.91. The van der Waals surface area contributed by atoms with Crippen LogP contribution in [0, 0.1) is 18.8 Å². The highest BCUT2D eigenvalue weighted by Crippen LogP contribution is 2.46. The molecular formula is C15H16O2. The summed E-state index contributed by atoms with van der Waals surface area (Å²) in [6, 6.07) is 6.40. The van der Waals surface area contributed by atoms with Gasteiger partial charge >= 0.3 is 5.97 Å². The van der Waals surface area contributed by atoms with E-state index in [4.69, 9.17) is 0 Å². The maximum Gasteiger partial charge on any atom is 0.307 e. The van der Waals surface area contributed by atoms with Crippen molar-refractivity contribution >= 4 is 5.97 Å². The van der Waals surface area contributed by atoms with Gasteiger partial charge in [0.15, 0.2) is 0 Å². The third kappa shape index (κ3) is 1.59. The molecule has 0 aromatic heterocycles. The Balaban J connectivity index is 2.09. The molecule has 0 heterocycles. The Morgan fingerprint density at radius 1 is 1.41 bits per heavy atom. The van der Waals surface area contributed by atoms with E-state index < -0.39 is 5.97 Å². The van der Waals surface area contributed by atoms with E-state index >= 15 is 0 Å². The molecule has 0 saturated carbocycles. The van der Waals surface area contributed by atoms with Gasteiger partial charge in [-0.3, -0.25) is 4.79 Å². The predicted molar refractivity (Wildman–Crippen MR) is 66.0 cm³/mol. The lowest BCUT2D eigenvalue weighted by Crippen LogP contribution is -2.32. The molecule has 0 amide bonds. The molecule has 0 bridgehead atoms. The number of rotatable bonds is 1. The van der Waals surface area contributed by atoms with E-state index in [1.54, 1.807) is 0 Å².